The maximum Gasteiger partial charge on any atom is 0.164 e. The molecule has 0 unspecified atom stereocenters. The minimum Gasteiger partial charge on any atom is -0.390 e. The Bertz CT molecular complexity index is 239. The van der Waals surface area contributed by atoms with Crippen molar-refractivity contribution in [3.8, 4) is 0 Å². The predicted molar refractivity (Wildman–Crippen MR) is 60.9 cm³/mol. The van der Waals surface area contributed by atoms with Crippen LogP contribution in [-0.4, -0.2) is 40.4 Å². The van der Waals surface area contributed by atoms with Gasteiger partial charge in [0, 0.05) is 0 Å². The van der Waals surface area contributed by atoms with Crippen molar-refractivity contribution >= 4 is 0 Å². The summed E-state index contributed by atoms with van der Waals surface area (Å²) in [5.74, 6) is -0.756. The van der Waals surface area contributed by atoms with Crippen LogP contribution in [0.4, 0.5) is 0 Å². The molecule has 0 spiro atoms. The van der Waals surface area contributed by atoms with Gasteiger partial charge in [-0.05, 0) is 26.7 Å². The zero-order chi connectivity index (χ0) is 12.3. The first kappa shape index (κ1) is 13.6. The Labute approximate surface area is 96.9 Å². The van der Waals surface area contributed by atoms with E-state index in [2.05, 4.69) is 6.58 Å². The molecular weight excluding hydrogens is 208 g/mol. The van der Waals surface area contributed by atoms with Gasteiger partial charge in [-0.2, -0.15) is 0 Å². The van der Waals surface area contributed by atoms with E-state index >= 15 is 0 Å². The minimum absolute atomic E-state index is 0.428. The molecule has 1 aliphatic heterocycles. The highest BCUT2D eigenvalue weighted by molar-refractivity contribution is 4.92. The first-order valence-corrected chi connectivity index (χ1v) is 5.74. The first-order chi connectivity index (χ1) is 7.41. The Morgan fingerprint density at radius 3 is 2.19 bits per heavy atom. The van der Waals surface area contributed by atoms with Crippen LogP contribution in [0, 0.1) is 0 Å². The van der Waals surface area contributed by atoms with E-state index < -0.39 is 30.2 Å². The summed E-state index contributed by atoms with van der Waals surface area (Å²) in [6.45, 7) is 9.01. The fourth-order valence-corrected chi connectivity index (χ4v) is 1.95. The van der Waals surface area contributed by atoms with Gasteiger partial charge in [-0.1, -0.05) is 13.0 Å². The van der Waals surface area contributed by atoms with Crippen molar-refractivity contribution in [2.75, 3.05) is 0 Å². The highest BCUT2D eigenvalue weighted by Gasteiger charge is 2.46. The third-order valence-corrected chi connectivity index (χ3v) is 2.75. The number of hydrogen-bond donors (Lipinski definition) is 2. The van der Waals surface area contributed by atoms with Gasteiger partial charge in [0.1, 0.15) is 12.2 Å². The standard InChI is InChI=1S/C12H22O4/c1-5-7-9(14)11-10(8(13)6-2)15-12(3,4)16-11/h5,8-11,13-14H,1,6-7H2,2-4H3/t8-,9-,10-,11-/m0/s1. The van der Waals surface area contributed by atoms with Crippen LogP contribution in [0.25, 0.3) is 0 Å². The van der Waals surface area contributed by atoms with Gasteiger partial charge >= 0.3 is 0 Å². The van der Waals surface area contributed by atoms with Crippen molar-refractivity contribution in [1.29, 1.82) is 0 Å². The van der Waals surface area contributed by atoms with Gasteiger partial charge < -0.3 is 19.7 Å². The Morgan fingerprint density at radius 2 is 1.75 bits per heavy atom. The van der Waals surface area contributed by atoms with Crippen LogP contribution < -0.4 is 0 Å². The second-order valence-electron chi connectivity index (χ2n) is 4.63. The average Bonchev–Trinajstić information content (AvgIpc) is 2.54. The van der Waals surface area contributed by atoms with Crippen molar-refractivity contribution in [1.82, 2.24) is 0 Å². The molecule has 4 nitrogen and oxygen atoms in total. The monoisotopic (exact) mass is 230 g/mol. The Balaban J connectivity index is 2.75. The van der Waals surface area contributed by atoms with Crippen LogP contribution in [0.15, 0.2) is 12.7 Å². The van der Waals surface area contributed by atoms with Crippen molar-refractivity contribution in [3.63, 3.8) is 0 Å². The van der Waals surface area contributed by atoms with Gasteiger partial charge in [-0.15, -0.1) is 6.58 Å². The van der Waals surface area contributed by atoms with Gasteiger partial charge in [-0.25, -0.2) is 0 Å². The molecule has 4 atom stereocenters. The molecule has 16 heavy (non-hydrogen) atoms. The van der Waals surface area contributed by atoms with Gasteiger partial charge in [0.15, 0.2) is 5.79 Å². The lowest BCUT2D eigenvalue weighted by molar-refractivity contribution is -0.160. The van der Waals surface area contributed by atoms with Crippen LogP contribution >= 0.6 is 0 Å². The van der Waals surface area contributed by atoms with Gasteiger partial charge in [0.25, 0.3) is 0 Å². The number of ether oxygens (including phenoxy) is 2. The number of rotatable bonds is 5. The predicted octanol–water partition coefficient (Wildman–Crippen LogP) is 1.21. The largest absolute Gasteiger partial charge is 0.390 e. The van der Waals surface area contributed by atoms with E-state index in [1.807, 2.05) is 6.92 Å². The molecule has 0 aromatic heterocycles. The lowest BCUT2D eigenvalue weighted by Crippen LogP contribution is -2.41. The molecule has 2 N–H and O–H groups in total. The second-order valence-corrected chi connectivity index (χ2v) is 4.63. The maximum absolute atomic E-state index is 9.91. The smallest absolute Gasteiger partial charge is 0.164 e. The van der Waals surface area contributed by atoms with E-state index in [0.717, 1.165) is 0 Å². The number of hydrogen-bond acceptors (Lipinski definition) is 4. The Kier molecular flexibility index (Phi) is 4.50. The third kappa shape index (κ3) is 3.04. The van der Waals surface area contributed by atoms with Crippen LogP contribution in [0.3, 0.4) is 0 Å². The van der Waals surface area contributed by atoms with E-state index in [0.29, 0.717) is 12.8 Å². The first-order valence-electron chi connectivity index (χ1n) is 5.74. The van der Waals surface area contributed by atoms with Gasteiger partial charge in [-0.3, -0.25) is 0 Å². The zero-order valence-corrected chi connectivity index (χ0v) is 10.2. The highest BCUT2D eigenvalue weighted by atomic mass is 16.8. The molecule has 0 amide bonds. The summed E-state index contributed by atoms with van der Waals surface area (Å²) >= 11 is 0. The SMILES string of the molecule is C=CC[C@H](O)[C@@H]1OC(C)(C)O[C@H]1[C@@H](O)CC. The number of aliphatic hydroxyl groups excluding tert-OH is 2. The Morgan fingerprint density at radius 1 is 1.25 bits per heavy atom. The minimum atomic E-state index is -0.756. The van der Waals surface area contributed by atoms with Crippen LogP contribution in [0.5, 0.6) is 0 Å². The lowest BCUT2D eigenvalue weighted by atomic mass is 10.00. The van der Waals surface area contributed by atoms with Crippen molar-refractivity contribution < 1.29 is 19.7 Å². The zero-order valence-electron chi connectivity index (χ0n) is 10.2. The molecule has 1 saturated heterocycles. The van der Waals surface area contributed by atoms with Crippen molar-refractivity contribution in [2.45, 2.75) is 63.8 Å². The summed E-state index contributed by atoms with van der Waals surface area (Å²) in [6, 6.07) is 0. The molecule has 0 radical (unpaired) electrons. The van der Waals surface area contributed by atoms with E-state index in [1.165, 1.54) is 0 Å². The average molecular weight is 230 g/mol. The molecule has 0 aromatic carbocycles. The molecule has 1 aliphatic rings. The van der Waals surface area contributed by atoms with E-state index in [9.17, 15) is 10.2 Å². The van der Waals surface area contributed by atoms with Crippen LogP contribution in [-0.2, 0) is 9.47 Å². The molecule has 1 fully saturated rings. The van der Waals surface area contributed by atoms with Gasteiger partial charge in [0.2, 0.25) is 0 Å². The fraction of sp³-hybridized carbons (Fsp3) is 0.833. The van der Waals surface area contributed by atoms with E-state index in [4.69, 9.17) is 9.47 Å². The summed E-state index contributed by atoms with van der Waals surface area (Å²) in [7, 11) is 0. The normalized spacial score (nSPS) is 32.3. The molecular formula is C12H22O4. The molecule has 0 aliphatic carbocycles. The molecule has 1 heterocycles. The molecule has 0 bridgehead atoms. The second kappa shape index (κ2) is 5.27. The van der Waals surface area contributed by atoms with Gasteiger partial charge in [0.05, 0.1) is 12.2 Å². The van der Waals surface area contributed by atoms with Crippen LogP contribution in [0.1, 0.15) is 33.6 Å². The van der Waals surface area contributed by atoms with E-state index in [-0.39, 0.29) is 0 Å². The molecule has 1 rings (SSSR count). The molecule has 4 heteroatoms. The maximum atomic E-state index is 9.91. The third-order valence-electron chi connectivity index (χ3n) is 2.75. The summed E-state index contributed by atoms with van der Waals surface area (Å²) in [6.07, 6.45) is 0.349. The van der Waals surface area contributed by atoms with E-state index in [1.54, 1.807) is 19.9 Å². The lowest BCUT2D eigenvalue weighted by Gasteiger charge is -2.24. The van der Waals surface area contributed by atoms with Crippen molar-refractivity contribution in [3.05, 3.63) is 12.7 Å². The molecule has 0 aromatic rings. The number of aliphatic hydroxyl groups is 2. The van der Waals surface area contributed by atoms with Crippen molar-refractivity contribution in [2.24, 2.45) is 0 Å². The quantitative estimate of drug-likeness (QED) is 0.697. The fourth-order valence-electron chi connectivity index (χ4n) is 1.95. The molecule has 94 valence electrons. The molecule has 0 saturated carbocycles. The summed E-state index contributed by atoms with van der Waals surface area (Å²) in [5, 5.41) is 19.7. The topological polar surface area (TPSA) is 58.9 Å². The summed E-state index contributed by atoms with van der Waals surface area (Å²) < 4.78 is 11.2. The highest BCUT2D eigenvalue weighted by Crippen LogP contribution is 2.33. The Hall–Kier alpha value is -0.420. The summed E-state index contributed by atoms with van der Waals surface area (Å²) in [5.41, 5.74) is 0. The summed E-state index contributed by atoms with van der Waals surface area (Å²) in [4.78, 5) is 0. The van der Waals surface area contributed by atoms with Crippen LogP contribution in [0.2, 0.25) is 0 Å².